The number of carbonyl (C=O) groups is 3. The van der Waals surface area contributed by atoms with Gasteiger partial charge in [-0.15, -0.1) is 0 Å². The minimum Gasteiger partial charge on any atom is -0.322 e. The molecule has 7 nitrogen and oxygen atoms in total. The molecular formula is C22H28N4O3. The molecule has 4 aliphatic heterocycles. The molecule has 0 radical (unpaired) electrons. The highest BCUT2D eigenvalue weighted by molar-refractivity contribution is 6.05. The van der Waals surface area contributed by atoms with E-state index < -0.39 is 6.04 Å². The van der Waals surface area contributed by atoms with Gasteiger partial charge in [-0.05, 0) is 67.9 Å². The number of amides is 3. The Bertz CT molecular complexity index is 854. The Hall–Kier alpha value is -2.25. The van der Waals surface area contributed by atoms with E-state index >= 15 is 0 Å². The molecular weight excluding hydrogens is 368 g/mol. The topological polar surface area (TPSA) is 81.8 Å². The Morgan fingerprint density at radius 1 is 1.07 bits per heavy atom. The van der Waals surface area contributed by atoms with Crippen molar-refractivity contribution in [2.75, 3.05) is 26.2 Å². The van der Waals surface area contributed by atoms with Crippen LogP contribution in [0.4, 0.5) is 0 Å². The number of nitrogens with one attached hydrogen (secondary N) is 2. The molecule has 4 heterocycles. The molecule has 1 aromatic carbocycles. The summed E-state index contributed by atoms with van der Waals surface area (Å²) in [7, 11) is 0. The first-order valence-corrected chi connectivity index (χ1v) is 10.8. The van der Waals surface area contributed by atoms with E-state index in [1.54, 1.807) is 4.90 Å². The lowest BCUT2D eigenvalue weighted by Crippen LogP contribution is -2.52. The van der Waals surface area contributed by atoms with Crippen LogP contribution < -0.4 is 10.6 Å². The van der Waals surface area contributed by atoms with Crippen LogP contribution in [0.15, 0.2) is 18.2 Å². The average Bonchev–Trinajstić information content (AvgIpc) is 3.06. The molecule has 1 aromatic rings. The van der Waals surface area contributed by atoms with E-state index in [2.05, 4.69) is 21.6 Å². The van der Waals surface area contributed by atoms with Gasteiger partial charge in [0.05, 0.1) is 0 Å². The molecule has 7 heteroatoms. The number of carbonyl (C=O) groups excluding carboxylic acids is 3. The fraction of sp³-hybridized carbons (Fsp3) is 0.591. The second-order valence-electron chi connectivity index (χ2n) is 8.88. The highest BCUT2D eigenvalue weighted by Crippen LogP contribution is 2.33. The number of fused-ring (bicyclic) bond motifs is 2. The first-order chi connectivity index (χ1) is 14.1. The van der Waals surface area contributed by atoms with Crippen molar-refractivity contribution in [3.05, 3.63) is 34.9 Å². The molecule has 154 valence electrons. The Labute approximate surface area is 170 Å². The van der Waals surface area contributed by atoms with E-state index in [9.17, 15) is 14.4 Å². The van der Waals surface area contributed by atoms with Crippen LogP contribution in [0.1, 0.15) is 47.2 Å². The summed E-state index contributed by atoms with van der Waals surface area (Å²) in [6.07, 6.45) is 3.17. The van der Waals surface area contributed by atoms with E-state index in [-0.39, 0.29) is 24.1 Å². The average molecular weight is 396 g/mol. The maximum Gasteiger partial charge on any atom is 0.255 e. The van der Waals surface area contributed by atoms with Gasteiger partial charge in [0.2, 0.25) is 11.8 Å². The summed E-state index contributed by atoms with van der Waals surface area (Å²) in [5.41, 5.74) is 2.96. The zero-order valence-electron chi connectivity index (χ0n) is 16.7. The number of piperidine rings is 3. The number of imide groups is 1. The molecule has 0 saturated carbocycles. The predicted octanol–water partition coefficient (Wildman–Crippen LogP) is 0.879. The monoisotopic (exact) mass is 396 g/mol. The largest absolute Gasteiger partial charge is 0.322 e. The van der Waals surface area contributed by atoms with Crippen LogP contribution in [-0.2, 0) is 22.7 Å². The van der Waals surface area contributed by atoms with Gasteiger partial charge in [0.25, 0.3) is 5.91 Å². The molecule has 0 spiro atoms. The highest BCUT2D eigenvalue weighted by Gasteiger charge is 2.40. The van der Waals surface area contributed by atoms with Crippen molar-refractivity contribution >= 4 is 17.7 Å². The predicted molar refractivity (Wildman–Crippen MR) is 107 cm³/mol. The van der Waals surface area contributed by atoms with Crippen LogP contribution in [-0.4, -0.2) is 59.7 Å². The molecule has 29 heavy (non-hydrogen) atoms. The van der Waals surface area contributed by atoms with E-state index in [1.807, 2.05) is 12.1 Å². The van der Waals surface area contributed by atoms with Gasteiger partial charge in [0.15, 0.2) is 0 Å². The molecule has 3 saturated heterocycles. The Balaban J connectivity index is 1.32. The number of benzene rings is 1. The second-order valence-corrected chi connectivity index (χ2v) is 8.88. The van der Waals surface area contributed by atoms with E-state index in [0.29, 0.717) is 18.5 Å². The fourth-order valence-electron chi connectivity index (χ4n) is 5.51. The second kappa shape index (κ2) is 7.54. The zero-order chi connectivity index (χ0) is 20.0. The van der Waals surface area contributed by atoms with Crippen LogP contribution in [0.5, 0.6) is 0 Å². The summed E-state index contributed by atoms with van der Waals surface area (Å²) < 4.78 is 0. The smallest absolute Gasteiger partial charge is 0.255 e. The van der Waals surface area contributed by atoms with Gasteiger partial charge in [0.1, 0.15) is 6.04 Å². The van der Waals surface area contributed by atoms with E-state index in [4.69, 9.17) is 0 Å². The first kappa shape index (κ1) is 18.8. The third kappa shape index (κ3) is 3.46. The van der Waals surface area contributed by atoms with Gasteiger partial charge in [0, 0.05) is 31.6 Å². The molecule has 4 aliphatic rings. The molecule has 0 aliphatic carbocycles. The van der Waals surface area contributed by atoms with Crippen LogP contribution >= 0.6 is 0 Å². The summed E-state index contributed by atoms with van der Waals surface area (Å²) in [5, 5.41) is 5.89. The van der Waals surface area contributed by atoms with Gasteiger partial charge < -0.3 is 10.2 Å². The fourth-order valence-corrected chi connectivity index (χ4v) is 5.51. The summed E-state index contributed by atoms with van der Waals surface area (Å²) >= 11 is 0. The standard InChI is InChI=1S/C22H28N4O3/c27-20-5-4-19(21(28)24-20)26-13-18-16(2-1-3-17(18)22(26)29)12-25-9-7-14-10-23-8-6-15(14)11-25/h1-3,14-15,19,23H,4-13H2,(H,24,27,28). The maximum absolute atomic E-state index is 13.0. The number of nitrogens with zero attached hydrogens (tertiary/aromatic N) is 2. The number of rotatable bonds is 3. The maximum atomic E-state index is 13.0. The first-order valence-electron chi connectivity index (χ1n) is 10.8. The summed E-state index contributed by atoms with van der Waals surface area (Å²) in [5.74, 6) is 0.872. The van der Waals surface area contributed by atoms with E-state index in [1.165, 1.54) is 18.4 Å². The number of hydrogen-bond acceptors (Lipinski definition) is 5. The lowest BCUT2D eigenvalue weighted by Gasteiger charge is -2.41. The van der Waals surface area contributed by atoms with Crippen molar-refractivity contribution in [2.24, 2.45) is 11.8 Å². The Kier molecular flexibility index (Phi) is 4.87. The number of hydrogen-bond donors (Lipinski definition) is 2. The minimum absolute atomic E-state index is 0.0894. The zero-order valence-corrected chi connectivity index (χ0v) is 16.7. The van der Waals surface area contributed by atoms with Gasteiger partial charge >= 0.3 is 0 Å². The van der Waals surface area contributed by atoms with Gasteiger partial charge in [-0.3, -0.25) is 24.6 Å². The van der Waals surface area contributed by atoms with Crippen molar-refractivity contribution in [3.8, 4) is 0 Å². The quantitative estimate of drug-likeness (QED) is 0.742. The SMILES string of the molecule is O=C1CCC(N2Cc3c(CN4CCC5CNCCC5C4)cccc3C2=O)C(=O)N1. The molecule has 0 bridgehead atoms. The van der Waals surface area contributed by atoms with Crippen molar-refractivity contribution in [2.45, 2.75) is 44.8 Å². The van der Waals surface area contributed by atoms with Crippen molar-refractivity contribution in [3.63, 3.8) is 0 Å². The summed E-state index contributed by atoms with van der Waals surface area (Å²) in [4.78, 5) is 40.9. The molecule has 3 unspecified atom stereocenters. The number of likely N-dealkylation sites (tertiary alicyclic amines) is 1. The van der Waals surface area contributed by atoms with Crippen molar-refractivity contribution < 1.29 is 14.4 Å². The Morgan fingerprint density at radius 3 is 2.83 bits per heavy atom. The van der Waals surface area contributed by atoms with Gasteiger partial charge in [-0.1, -0.05) is 12.1 Å². The highest BCUT2D eigenvalue weighted by atomic mass is 16.2. The van der Waals surface area contributed by atoms with Crippen LogP contribution in [0, 0.1) is 11.8 Å². The molecule has 0 aromatic heterocycles. The van der Waals surface area contributed by atoms with Crippen LogP contribution in [0.25, 0.3) is 0 Å². The summed E-state index contributed by atoms with van der Waals surface area (Å²) in [6, 6.07) is 5.39. The van der Waals surface area contributed by atoms with Crippen LogP contribution in [0.2, 0.25) is 0 Å². The van der Waals surface area contributed by atoms with Crippen LogP contribution in [0.3, 0.4) is 0 Å². The molecule has 3 atom stereocenters. The molecule has 2 N–H and O–H groups in total. The van der Waals surface area contributed by atoms with Gasteiger partial charge in [-0.25, -0.2) is 0 Å². The van der Waals surface area contributed by atoms with Crippen molar-refractivity contribution in [1.29, 1.82) is 0 Å². The lowest BCUT2D eigenvalue weighted by atomic mass is 9.81. The molecule has 3 fully saturated rings. The Morgan fingerprint density at radius 2 is 1.97 bits per heavy atom. The normalized spacial score (nSPS) is 30.1. The van der Waals surface area contributed by atoms with E-state index in [0.717, 1.165) is 50.1 Å². The summed E-state index contributed by atoms with van der Waals surface area (Å²) in [6.45, 7) is 5.80. The van der Waals surface area contributed by atoms with Crippen molar-refractivity contribution in [1.82, 2.24) is 20.4 Å². The third-order valence-corrected chi connectivity index (χ3v) is 7.15. The molecule has 3 amide bonds. The molecule has 5 rings (SSSR count). The minimum atomic E-state index is -0.550. The third-order valence-electron chi connectivity index (χ3n) is 7.15. The van der Waals surface area contributed by atoms with Gasteiger partial charge in [-0.2, -0.15) is 0 Å². The lowest BCUT2D eigenvalue weighted by molar-refractivity contribution is -0.136.